The Labute approximate surface area is 117 Å². The smallest absolute Gasteiger partial charge is 0.224 e. The van der Waals surface area contributed by atoms with E-state index in [9.17, 15) is 9.18 Å². The minimum atomic E-state index is -0.349. The minimum absolute atomic E-state index is 0.0605. The maximum atomic E-state index is 14.2. The molecule has 1 amide bonds. The van der Waals surface area contributed by atoms with Gasteiger partial charge in [-0.1, -0.05) is 0 Å². The topological polar surface area (TPSA) is 64.3 Å². The van der Waals surface area contributed by atoms with Crippen LogP contribution in [0.2, 0.25) is 0 Å². The van der Waals surface area contributed by atoms with Crippen molar-refractivity contribution in [1.29, 1.82) is 0 Å². The molecule has 0 saturated carbocycles. The van der Waals surface area contributed by atoms with Gasteiger partial charge >= 0.3 is 0 Å². The number of nitrogens with one attached hydrogen (secondary N) is 1. The lowest BCUT2D eigenvalue weighted by atomic mass is 9.87. The summed E-state index contributed by atoms with van der Waals surface area (Å²) in [5.74, 6) is -0.242. The molecule has 1 aromatic carbocycles. The number of ether oxygens (including phenoxy) is 1. The SMILES string of the molecule is NC(c1cc2c(cc1F)NC(=O)CC2)C1CCCOC1. The predicted octanol–water partition coefficient (Wildman–Crippen LogP) is 2.14. The summed E-state index contributed by atoms with van der Waals surface area (Å²) in [7, 11) is 0. The van der Waals surface area contributed by atoms with Crippen molar-refractivity contribution in [2.24, 2.45) is 11.7 Å². The van der Waals surface area contributed by atoms with E-state index in [0.29, 0.717) is 30.7 Å². The Kier molecular flexibility index (Phi) is 3.72. The quantitative estimate of drug-likeness (QED) is 0.871. The van der Waals surface area contributed by atoms with Gasteiger partial charge in [0.1, 0.15) is 5.82 Å². The van der Waals surface area contributed by atoms with Crippen molar-refractivity contribution in [2.45, 2.75) is 31.7 Å². The van der Waals surface area contributed by atoms with Crippen molar-refractivity contribution in [3.63, 3.8) is 0 Å². The molecule has 4 nitrogen and oxygen atoms in total. The monoisotopic (exact) mass is 278 g/mol. The molecular weight excluding hydrogens is 259 g/mol. The van der Waals surface area contributed by atoms with Gasteiger partial charge in [0.05, 0.1) is 6.61 Å². The molecule has 2 aliphatic heterocycles. The molecule has 5 heteroatoms. The van der Waals surface area contributed by atoms with Gasteiger partial charge < -0.3 is 15.8 Å². The van der Waals surface area contributed by atoms with E-state index in [-0.39, 0.29) is 23.7 Å². The molecule has 3 N–H and O–H groups in total. The summed E-state index contributed by atoms with van der Waals surface area (Å²) in [6.07, 6.45) is 3.03. The van der Waals surface area contributed by atoms with Crippen LogP contribution in [-0.2, 0) is 16.0 Å². The first kappa shape index (κ1) is 13.5. The number of rotatable bonds is 2. The highest BCUT2D eigenvalue weighted by molar-refractivity contribution is 5.93. The van der Waals surface area contributed by atoms with Crippen LogP contribution in [0.1, 0.15) is 36.4 Å². The second-order valence-electron chi connectivity index (χ2n) is 5.58. The summed E-state index contributed by atoms with van der Waals surface area (Å²) in [6.45, 7) is 1.36. The van der Waals surface area contributed by atoms with Crippen LogP contribution >= 0.6 is 0 Å². The van der Waals surface area contributed by atoms with E-state index in [1.165, 1.54) is 6.07 Å². The summed E-state index contributed by atoms with van der Waals surface area (Å²) >= 11 is 0. The van der Waals surface area contributed by atoms with Gasteiger partial charge in [-0.05, 0) is 37.0 Å². The number of benzene rings is 1. The molecule has 1 aromatic rings. The lowest BCUT2D eigenvalue weighted by Crippen LogP contribution is -2.30. The third-order valence-electron chi connectivity index (χ3n) is 4.18. The van der Waals surface area contributed by atoms with Crippen LogP contribution in [0.25, 0.3) is 0 Å². The third-order valence-corrected chi connectivity index (χ3v) is 4.18. The van der Waals surface area contributed by atoms with Gasteiger partial charge in [-0.15, -0.1) is 0 Å². The van der Waals surface area contributed by atoms with E-state index in [1.54, 1.807) is 0 Å². The van der Waals surface area contributed by atoms with Gasteiger partial charge in [-0.3, -0.25) is 4.79 Å². The fourth-order valence-corrected chi connectivity index (χ4v) is 2.98. The van der Waals surface area contributed by atoms with Crippen molar-refractivity contribution in [3.8, 4) is 0 Å². The van der Waals surface area contributed by atoms with Crippen molar-refractivity contribution in [3.05, 3.63) is 29.1 Å². The highest BCUT2D eigenvalue weighted by atomic mass is 19.1. The Morgan fingerprint density at radius 1 is 1.40 bits per heavy atom. The number of fused-ring (bicyclic) bond motifs is 1. The number of amides is 1. The molecule has 2 atom stereocenters. The van der Waals surface area contributed by atoms with E-state index < -0.39 is 0 Å². The maximum absolute atomic E-state index is 14.2. The summed E-state index contributed by atoms with van der Waals surface area (Å²) in [5, 5.41) is 2.70. The highest BCUT2D eigenvalue weighted by Crippen LogP contribution is 2.33. The van der Waals surface area contributed by atoms with Gasteiger partial charge in [0.2, 0.25) is 5.91 Å². The number of carbonyl (C=O) groups excluding carboxylic acids is 1. The standard InChI is InChI=1S/C15H19FN2O2/c16-12-7-13-9(3-4-14(19)18-13)6-11(12)15(17)10-2-1-5-20-8-10/h6-7,10,15H,1-5,8,17H2,(H,18,19). The molecule has 3 rings (SSSR count). The van der Waals surface area contributed by atoms with Crippen molar-refractivity contribution in [2.75, 3.05) is 18.5 Å². The van der Waals surface area contributed by atoms with Crippen LogP contribution in [0.15, 0.2) is 12.1 Å². The molecule has 1 fully saturated rings. The number of hydrogen-bond donors (Lipinski definition) is 2. The Morgan fingerprint density at radius 3 is 3.00 bits per heavy atom. The lowest BCUT2D eigenvalue weighted by molar-refractivity contribution is -0.116. The molecule has 0 spiro atoms. The van der Waals surface area contributed by atoms with Crippen molar-refractivity contribution in [1.82, 2.24) is 0 Å². The number of halogens is 1. The fourth-order valence-electron chi connectivity index (χ4n) is 2.98. The number of carbonyl (C=O) groups is 1. The highest BCUT2D eigenvalue weighted by Gasteiger charge is 2.26. The molecule has 2 aliphatic rings. The van der Waals surface area contributed by atoms with Gasteiger partial charge in [0, 0.05) is 36.2 Å². The molecule has 0 aliphatic carbocycles. The largest absolute Gasteiger partial charge is 0.381 e. The first-order chi connectivity index (χ1) is 9.65. The Balaban J connectivity index is 1.87. The first-order valence-corrected chi connectivity index (χ1v) is 7.10. The number of hydrogen-bond acceptors (Lipinski definition) is 3. The van der Waals surface area contributed by atoms with Gasteiger partial charge in [0.15, 0.2) is 0 Å². The summed E-state index contributed by atoms with van der Waals surface area (Å²) in [4.78, 5) is 11.3. The number of nitrogens with two attached hydrogens (primary N) is 1. The Hall–Kier alpha value is -1.46. The van der Waals surface area contributed by atoms with Crippen LogP contribution in [0.3, 0.4) is 0 Å². The first-order valence-electron chi connectivity index (χ1n) is 7.10. The van der Waals surface area contributed by atoms with Gasteiger partial charge in [-0.2, -0.15) is 0 Å². The van der Waals surface area contributed by atoms with Crippen LogP contribution in [0.4, 0.5) is 10.1 Å². The van der Waals surface area contributed by atoms with Crippen molar-refractivity contribution >= 4 is 11.6 Å². The molecule has 2 unspecified atom stereocenters. The third kappa shape index (κ3) is 2.55. The van der Waals surface area contributed by atoms with E-state index in [2.05, 4.69) is 5.32 Å². The number of anilines is 1. The maximum Gasteiger partial charge on any atom is 0.224 e. The second-order valence-corrected chi connectivity index (χ2v) is 5.58. The van der Waals surface area contributed by atoms with E-state index in [0.717, 1.165) is 25.0 Å². The van der Waals surface area contributed by atoms with Gasteiger partial charge in [-0.25, -0.2) is 4.39 Å². The lowest BCUT2D eigenvalue weighted by Gasteiger charge is -2.29. The summed E-state index contributed by atoms with van der Waals surface area (Å²) < 4.78 is 19.7. The molecule has 2 heterocycles. The zero-order valence-corrected chi connectivity index (χ0v) is 11.3. The van der Waals surface area contributed by atoms with E-state index >= 15 is 0 Å². The zero-order valence-electron chi connectivity index (χ0n) is 11.3. The van der Waals surface area contributed by atoms with E-state index in [4.69, 9.17) is 10.5 Å². The van der Waals surface area contributed by atoms with Crippen LogP contribution in [0.5, 0.6) is 0 Å². The normalized spacial score (nSPS) is 23.9. The molecule has 0 radical (unpaired) electrons. The predicted molar refractivity (Wildman–Crippen MR) is 73.8 cm³/mol. The molecule has 20 heavy (non-hydrogen) atoms. The Morgan fingerprint density at radius 2 is 2.25 bits per heavy atom. The molecule has 0 aromatic heterocycles. The minimum Gasteiger partial charge on any atom is -0.381 e. The molecule has 1 saturated heterocycles. The molecule has 0 bridgehead atoms. The summed E-state index contributed by atoms with van der Waals surface area (Å²) in [6, 6.07) is 2.85. The molecule has 108 valence electrons. The van der Waals surface area contributed by atoms with Gasteiger partial charge in [0.25, 0.3) is 0 Å². The molecular formula is C15H19FN2O2. The van der Waals surface area contributed by atoms with E-state index in [1.807, 2.05) is 6.07 Å². The zero-order chi connectivity index (χ0) is 14.1. The second kappa shape index (κ2) is 5.50. The van der Waals surface area contributed by atoms with Crippen molar-refractivity contribution < 1.29 is 13.9 Å². The number of aryl methyl sites for hydroxylation is 1. The average Bonchev–Trinajstić information content (AvgIpc) is 2.46. The van der Waals surface area contributed by atoms with Crippen LogP contribution < -0.4 is 11.1 Å². The average molecular weight is 278 g/mol. The van der Waals surface area contributed by atoms with Crippen LogP contribution in [0, 0.1) is 11.7 Å². The fraction of sp³-hybridized carbons (Fsp3) is 0.533. The summed E-state index contributed by atoms with van der Waals surface area (Å²) in [5.41, 5.74) is 8.31. The van der Waals surface area contributed by atoms with Crippen LogP contribution in [-0.4, -0.2) is 19.1 Å². The Bertz CT molecular complexity index is 527.